The van der Waals surface area contributed by atoms with Gasteiger partial charge in [-0.05, 0) is 12.5 Å². The number of piperazine rings is 1. The molecule has 0 aliphatic carbocycles. The van der Waals surface area contributed by atoms with Gasteiger partial charge in [0, 0.05) is 19.1 Å². The largest absolute Gasteiger partial charge is 0.377 e. The van der Waals surface area contributed by atoms with Gasteiger partial charge in [0.1, 0.15) is 6.23 Å². The minimum absolute atomic E-state index is 0.342. The highest BCUT2D eigenvalue weighted by Gasteiger charge is 2.25. The van der Waals surface area contributed by atoms with Gasteiger partial charge in [-0.2, -0.15) is 0 Å². The Kier molecular flexibility index (Phi) is 3.50. The summed E-state index contributed by atoms with van der Waals surface area (Å²) >= 11 is 0. The standard InChI is InChI=1S/C9H20N2O/c1-4-11-5-8(7(2)3)10-9(12)6-11/h7-10,12H,4-6H2,1-3H3. The van der Waals surface area contributed by atoms with Crippen molar-refractivity contribution in [3.8, 4) is 0 Å². The predicted molar refractivity (Wildman–Crippen MR) is 49.9 cm³/mol. The first-order chi connectivity index (χ1) is 5.63. The van der Waals surface area contributed by atoms with E-state index >= 15 is 0 Å². The van der Waals surface area contributed by atoms with Gasteiger partial charge < -0.3 is 5.11 Å². The van der Waals surface area contributed by atoms with Gasteiger partial charge in [-0.1, -0.05) is 20.8 Å². The smallest absolute Gasteiger partial charge is 0.118 e. The van der Waals surface area contributed by atoms with Gasteiger partial charge in [0.05, 0.1) is 0 Å². The minimum Gasteiger partial charge on any atom is -0.377 e. The van der Waals surface area contributed by atoms with E-state index in [2.05, 4.69) is 31.0 Å². The van der Waals surface area contributed by atoms with Crippen LogP contribution in [0.2, 0.25) is 0 Å². The summed E-state index contributed by atoms with van der Waals surface area (Å²) in [6.07, 6.45) is -0.342. The van der Waals surface area contributed by atoms with Crippen LogP contribution >= 0.6 is 0 Å². The minimum atomic E-state index is -0.342. The fraction of sp³-hybridized carbons (Fsp3) is 1.00. The molecule has 3 heteroatoms. The molecule has 1 aliphatic heterocycles. The van der Waals surface area contributed by atoms with E-state index in [1.807, 2.05) is 0 Å². The zero-order valence-electron chi connectivity index (χ0n) is 8.25. The topological polar surface area (TPSA) is 35.5 Å². The van der Waals surface area contributed by atoms with E-state index in [4.69, 9.17) is 0 Å². The number of aliphatic hydroxyl groups is 1. The van der Waals surface area contributed by atoms with Crippen LogP contribution in [0.1, 0.15) is 20.8 Å². The quantitative estimate of drug-likeness (QED) is 0.627. The van der Waals surface area contributed by atoms with Crippen molar-refractivity contribution in [3.05, 3.63) is 0 Å². The van der Waals surface area contributed by atoms with E-state index in [1.54, 1.807) is 0 Å². The fourth-order valence-corrected chi connectivity index (χ4v) is 1.61. The van der Waals surface area contributed by atoms with Gasteiger partial charge in [0.25, 0.3) is 0 Å². The molecular weight excluding hydrogens is 152 g/mol. The van der Waals surface area contributed by atoms with Gasteiger partial charge in [-0.25, -0.2) is 0 Å². The molecule has 0 saturated carbocycles. The Morgan fingerprint density at radius 1 is 1.50 bits per heavy atom. The molecule has 0 aromatic heterocycles. The molecule has 1 rings (SSSR count). The number of hydrogen-bond donors (Lipinski definition) is 2. The lowest BCUT2D eigenvalue weighted by atomic mass is 10.0. The third-order valence-electron chi connectivity index (χ3n) is 2.54. The molecule has 0 spiro atoms. The average molecular weight is 172 g/mol. The Morgan fingerprint density at radius 3 is 2.67 bits per heavy atom. The van der Waals surface area contributed by atoms with Crippen molar-refractivity contribution in [1.29, 1.82) is 0 Å². The van der Waals surface area contributed by atoms with Gasteiger partial charge in [-0.3, -0.25) is 10.2 Å². The monoisotopic (exact) mass is 172 g/mol. The average Bonchev–Trinajstić information content (AvgIpc) is 2.03. The third-order valence-corrected chi connectivity index (χ3v) is 2.54. The molecule has 12 heavy (non-hydrogen) atoms. The highest BCUT2D eigenvalue weighted by molar-refractivity contribution is 4.82. The van der Waals surface area contributed by atoms with Crippen molar-refractivity contribution in [3.63, 3.8) is 0 Å². The molecule has 1 heterocycles. The van der Waals surface area contributed by atoms with Crippen LogP contribution in [-0.2, 0) is 0 Å². The van der Waals surface area contributed by atoms with E-state index in [1.165, 1.54) is 0 Å². The molecule has 2 atom stereocenters. The molecule has 1 fully saturated rings. The van der Waals surface area contributed by atoms with E-state index < -0.39 is 0 Å². The Balaban J connectivity index is 2.45. The van der Waals surface area contributed by atoms with Crippen LogP contribution in [0.5, 0.6) is 0 Å². The number of rotatable bonds is 2. The predicted octanol–water partition coefficient (Wildman–Crippen LogP) is 0.254. The summed E-state index contributed by atoms with van der Waals surface area (Å²) < 4.78 is 0. The van der Waals surface area contributed by atoms with Crippen molar-refractivity contribution < 1.29 is 5.11 Å². The van der Waals surface area contributed by atoms with Crippen LogP contribution in [0.4, 0.5) is 0 Å². The molecule has 0 aromatic rings. The van der Waals surface area contributed by atoms with E-state index in [-0.39, 0.29) is 6.23 Å². The maximum atomic E-state index is 9.48. The lowest BCUT2D eigenvalue weighted by molar-refractivity contribution is 0.0230. The first-order valence-electron chi connectivity index (χ1n) is 4.80. The van der Waals surface area contributed by atoms with Crippen LogP contribution in [-0.4, -0.2) is 41.9 Å². The van der Waals surface area contributed by atoms with Crippen molar-refractivity contribution >= 4 is 0 Å². The summed E-state index contributed by atoms with van der Waals surface area (Å²) in [5.74, 6) is 0.592. The lowest BCUT2D eigenvalue weighted by Crippen LogP contribution is -2.58. The van der Waals surface area contributed by atoms with Crippen LogP contribution in [0.25, 0.3) is 0 Å². The van der Waals surface area contributed by atoms with Crippen molar-refractivity contribution in [2.24, 2.45) is 5.92 Å². The Bertz CT molecular complexity index is 138. The zero-order chi connectivity index (χ0) is 9.14. The Labute approximate surface area is 74.8 Å². The van der Waals surface area contributed by atoms with Crippen LogP contribution in [0.15, 0.2) is 0 Å². The van der Waals surface area contributed by atoms with Crippen LogP contribution in [0.3, 0.4) is 0 Å². The lowest BCUT2D eigenvalue weighted by Gasteiger charge is -2.38. The first-order valence-corrected chi connectivity index (χ1v) is 4.80. The van der Waals surface area contributed by atoms with Gasteiger partial charge in [0.15, 0.2) is 0 Å². The fourth-order valence-electron chi connectivity index (χ4n) is 1.61. The molecular formula is C9H20N2O. The molecule has 2 N–H and O–H groups in total. The maximum Gasteiger partial charge on any atom is 0.118 e. The number of aliphatic hydroxyl groups excluding tert-OH is 1. The summed E-state index contributed by atoms with van der Waals surface area (Å²) in [6.45, 7) is 9.36. The van der Waals surface area contributed by atoms with Crippen LogP contribution < -0.4 is 5.32 Å². The normalized spacial score (nSPS) is 32.8. The maximum absolute atomic E-state index is 9.48. The highest BCUT2D eigenvalue weighted by Crippen LogP contribution is 2.09. The number of hydrogen-bond acceptors (Lipinski definition) is 3. The van der Waals surface area contributed by atoms with E-state index in [9.17, 15) is 5.11 Å². The number of β-amino-alcohol motifs (C(OH)–C–C–N with tert-alkyl or cyclic N) is 1. The molecule has 1 aliphatic rings. The Hall–Kier alpha value is -0.120. The molecule has 1 saturated heterocycles. The summed E-state index contributed by atoms with van der Waals surface area (Å²) in [5, 5.41) is 12.7. The molecule has 0 radical (unpaired) electrons. The first kappa shape index (κ1) is 9.96. The molecule has 0 bridgehead atoms. The van der Waals surface area contributed by atoms with Crippen molar-refractivity contribution in [1.82, 2.24) is 10.2 Å². The molecule has 2 unspecified atom stereocenters. The van der Waals surface area contributed by atoms with E-state index in [0.717, 1.165) is 19.6 Å². The molecule has 72 valence electrons. The second-order valence-corrected chi connectivity index (χ2v) is 3.89. The van der Waals surface area contributed by atoms with Gasteiger partial charge in [-0.15, -0.1) is 0 Å². The summed E-state index contributed by atoms with van der Waals surface area (Å²) in [7, 11) is 0. The number of nitrogens with zero attached hydrogens (tertiary/aromatic N) is 1. The molecule has 0 aromatic carbocycles. The summed E-state index contributed by atoms with van der Waals surface area (Å²) in [5.41, 5.74) is 0. The number of likely N-dealkylation sites (N-methyl/N-ethyl adjacent to an activating group) is 1. The summed E-state index contributed by atoms with van der Waals surface area (Å²) in [6, 6.07) is 0.439. The van der Waals surface area contributed by atoms with Crippen molar-refractivity contribution in [2.75, 3.05) is 19.6 Å². The van der Waals surface area contributed by atoms with Gasteiger partial charge in [0.2, 0.25) is 0 Å². The highest BCUT2D eigenvalue weighted by atomic mass is 16.3. The Morgan fingerprint density at radius 2 is 2.17 bits per heavy atom. The number of nitrogens with one attached hydrogen (secondary N) is 1. The van der Waals surface area contributed by atoms with Crippen molar-refractivity contribution in [2.45, 2.75) is 33.0 Å². The SMILES string of the molecule is CCN1CC(O)NC(C(C)C)C1. The zero-order valence-corrected chi connectivity index (χ0v) is 8.25. The second kappa shape index (κ2) is 4.21. The molecule has 3 nitrogen and oxygen atoms in total. The van der Waals surface area contributed by atoms with E-state index in [0.29, 0.717) is 12.0 Å². The summed E-state index contributed by atoms with van der Waals surface area (Å²) in [4.78, 5) is 2.28. The molecule has 0 amide bonds. The van der Waals surface area contributed by atoms with Gasteiger partial charge >= 0.3 is 0 Å². The van der Waals surface area contributed by atoms with Crippen LogP contribution in [0, 0.1) is 5.92 Å². The third kappa shape index (κ3) is 2.44. The second-order valence-electron chi connectivity index (χ2n) is 3.89.